The van der Waals surface area contributed by atoms with Gasteiger partial charge >= 0.3 is 0 Å². The number of amides is 1. The minimum atomic E-state index is -0.431. The van der Waals surface area contributed by atoms with E-state index in [-0.39, 0.29) is 11.5 Å². The number of H-pyrrole nitrogens is 1. The van der Waals surface area contributed by atoms with Gasteiger partial charge in [-0.3, -0.25) is 9.89 Å². The van der Waals surface area contributed by atoms with E-state index in [1.54, 1.807) is 18.2 Å². The van der Waals surface area contributed by atoms with Crippen molar-refractivity contribution in [3.63, 3.8) is 0 Å². The van der Waals surface area contributed by atoms with Gasteiger partial charge in [0.2, 0.25) is 0 Å². The number of rotatable bonds is 7. The summed E-state index contributed by atoms with van der Waals surface area (Å²) in [5.74, 6) is -0.0156. The molecule has 3 aromatic carbocycles. The first-order chi connectivity index (χ1) is 15.2. The molecule has 1 heterocycles. The minimum Gasteiger partial charge on any atom is -0.489 e. The zero-order valence-electron chi connectivity index (χ0n) is 16.5. The summed E-state index contributed by atoms with van der Waals surface area (Å²) in [6, 6.07) is 24.7. The average molecular weight is 414 g/mol. The normalized spacial score (nSPS) is 10.9. The summed E-state index contributed by atoms with van der Waals surface area (Å²) in [4.78, 5) is 12.2. The second-order valence-corrected chi connectivity index (χ2v) is 6.72. The van der Waals surface area contributed by atoms with Gasteiger partial charge in [-0.2, -0.15) is 10.2 Å². The Kier molecular flexibility index (Phi) is 6.13. The van der Waals surface area contributed by atoms with Crippen molar-refractivity contribution in [2.24, 2.45) is 5.10 Å². The molecule has 1 amide bonds. The topological polar surface area (TPSA) is 79.4 Å². The van der Waals surface area contributed by atoms with E-state index in [2.05, 4.69) is 20.7 Å². The average Bonchev–Trinajstić information content (AvgIpc) is 3.30. The molecule has 0 saturated carbocycles. The van der Waals surface area contributed by atoms with E-state index < -0.39 is 5.91 Å². The number of hydrazone groups is 1. The number of hydrogen-bond acceptors (Lipinski definition) is 4. The van der Waals surface area contributed by atoms with Crippen molar-refractivity contribution in [2.45, 2.75) is 6.61 Å². The third kappa shape index (κ3) is 5.42. The highest BCUT2D eigenvalue weighted by molar-refractivity contribution is 5.94. The highest BCUT2D eigenvalue weighted by atomic mass is 19.1. The molecule has 0 spiro atoms. The number of carbonyl (C=O) groups excluding carboxylic acids is 1. The highest BCUT2D eigenvalue weighted by Crippen LogP contribution is 2.18. The molecular weight excluding hydrogens is 395 g/mol. The third-order valence-corrected chi connectivity index (χ3v) is 4.47. The molecule has 154 valence electrons. The Hall–Kier alpha value is -4.26. The predicted molar refractivity (Wildman–Crippen MR) is 116 cm³/mol. The van der Waals surface area contributed by atoms with Gasteiger partial charge in [0.05, 0.1) is 11.9 Å². The Balaban J connectivity index is 1.30. The number of aromatic amines is 1. The maximum atomic E-state index is 13.0. The zero-order chi connectivity index (χ0) is 21.5. The van der Waals surface area contributed by atoms with Gasteiger partial charge in [0.1, 0.15) is 23.9 Å². The van der Waals surface area contributed by atoms with Crippen LogP contribution < -0.4 is 10.2 Å². The molecule has 0 aliphatic rings. The molecule has 0 radical (unpaired) electrons. The van der Waals surface area contributed by atoms with E-state index in [4.69, 9.17) is 4.74 Å². The van der Waals surface area contributed by atoms with Crippen LogP contribution in [-0.4, -0.2) is 22.3 Å². The van der Waals surface area contributed by atoms with Gasteiger partial charge in [-0.05, 0) is 65.7 Å². The van der Waals surface area contributed by atoms with Gasteiger partial charge in [-0.1, -0.05) is 30.3 Å². The van der Waals surface area contributed by atoms with Crippen LogP contribution in [0.2, 0.25) is 0 Å². The molecule has 1 aromatic heterocycles. The lowest BCUT2D eigenvalue weighted by atomic mass is 10.1. The summed E-state index contributed by atoms with van der Waals surface area (Å²) in [6.45, 7) is 0.494. The smallest absolute Gasteiger partial charge is 0.289 e. The molecule has 0 aliphatic carbocycles. The molecule has 2 N–H and O–H groups in total. The standard InChI is InChI=1S/C24H19FN4O2/c25-20-10-8-19(9-11-20)22-14-23(28-27-22)24(30)29-26-15-17-6-12-21(13-7-17)31-16-18-4-2-1-3-5-18/h1-15H,16H2,(H,27,28)(H,29,30). The Bertz CT molecular complexity index is 1170. The lowest BCUT2D eigenvalue weighted by Gasteiger charge is -2.06. The van der Waals surface area contributed by atoms with Crippen LogP contribution in [-0.2, 0) is 6.61 Å². The van der Waals surface area contributed by atoms with Gasteiger partial charge in [0.15, 0.2) is 0 Å². The van der Waals surface area contributed by atoms with Crippen molar-refractivity contribution >= 4 is 12.1 Å². The van der Waals surface area contributed by atoms with Crippen molar-refractivity contribution in [3.05, 3.63) is 108 Å². The third-order valence-electron chi connectivity index (χ3n) is 4.47. The number of benzene rings is 3. The molecule has 31 heavy (non-hydrogen) atoms. The van der Waals surface area contributed by atoms with E-state index in [0.29, 0.717) is 17.9 Å². The van der Waals surface area contributed by atoms with Crippen LogP contribution in [0, 0.1) is 5.82 Å². The molecule has 0 bridgehead atoms. The van der Waals surface area contributed by atoms with Crippen LogP contribution in [0.25, 0.3) is 11.3 Å². The van der Waals surface area contributed by atoms with Gasteiger partial charge in [0, 0.05) is 5.56 Å². The van der Waals surface area contributed by atoms with Crippen molar-refractivity contribution in [1.29, 1.82) is 0 Å². The SMILES string of the molecule is O=C(NN=Cc1ccc(OCc2ccccc2)cc1)c1cc(-c2ccc(F)cc2)n[nH]1. The number of aromatic nitrogens is 2. The first-order valence-electron chi connectivity index (χ1n) is 9.59. The van der Waals surface area contributed by atoms with Crippen LogP contribution in [0.3, 0.4) is 0 Å². The number of carbonyl (C=O) groups is 1. The molecule has 0 unspecified atom stereocenters. The van der Waals surface area contributed by atoms with E-state index in [1.807, 2.05) is 54.6 Å². The Morgan fingerprint density at radius 3 is 2.52 bits per heavy atom. The summed E-state index contributed by atoms with van der Waals surface area (Å²) in [5.41, 5.74) is 5.85. The summed E-state index contributed by atoms with van der Waals surface area (Å²) in [5, 5.41) is 10.7. The quantitative estimate of drug-likeness (QED) is 0.344. The molecule has 0 fully saturated rings. The first-order valence-corrected chi connectivity index (χ1v) is 9.59. The fraction of sp³-hybridized carbons (Fsp3) is 0.0417. The van der Waals surface area contributed by atoms with Gasteiger partial charge in [-0.25, -0.2) is 9.82 Å². The lowest BCUT2D eigenvalue weighted by molar-refractivity contribution is 0.0950. The van der Waals surface area contributed by atoms with E-state index in [9.17, 15) is 9.18 Å². The van der Waals surface area contributed by atoms with Crippen molar-refractivity contribution in [1.82, 2.24) is 15.6 Å². The van der Waals surface area contributed by atoms with Crippen LogP contribution in [0.5, 0.6) is 5.75 Å². The van der Waals surface area contributed by atoms with Crippen LogP contribution in [0.4, 0.5) is 4.39 Å². The number of nitrogens with zero attached hydrogens (tertiary/aromatic N) is 2. The van der Waals surface area contributed by atoms with Gasteiger partial charge in [-0.15, -0.1) is 0 Å². The second kappa shape index (κ2) is 9.49. The number of halogens is 1. The van der Waals surface area contributed by atoms with Crippen LogP contribution >= 0.6 is 0 Å². The molecule has 0 aliphatic heterocycles. The summed E-state index contributed by atoms with van der Waals surface area (Å²) in [6.07, 6.45) is 1.54. The molecule has 0 atom stereocenters. The van der Waals surface area contributed by atoms with Gasteiger partial charge < -0.3 is 4.74 Å². The molecule has 4 rings (SSSR count). The number of nitrogens with one attached hydrogen (secondary N) is 2. The second-order valence-electron chi connectivity index (χ2n) is 6.72. The number of ether oxygens (including phenoxy) is 1. The molecule has 0 saturated heterocycles. The summed E-state index contributed by atoms with van der Waals surface area (Å²) in [7, 11) is 0. The first kappa shape index (κ1) is 20.0. The van der Waals surface area contributed by atoms with Crippen molar-refractivity contribution in [3.8, 4) is 17.0 Å². The lowest BCUT2D eigenvalue weighted by Crippen LogP contribution is -2.17. The molecule has 6 nitrogen and oxygen atoms in total. The largest absolute Gasteiger partial charge is 0.489 e. The molecule has 7 heteroatoms. The van der Waals surface area contributed by atoms with Crippen LogP contribution in [0.15, 0.2) is 90.0 Å². The molecular formula is C24H19FN4O2. The van der Waals surface area contributed by atoms with Crippen molar-refractivity contribution < 1.29 is 13.9 Å². The summed E-state index contributed by atoms with van der Waals surface area (Å²) >= 11 is 0. The van der Waals surface area contributed by atoms with E-state index in [1.165, 1.54) is 18.3 Å². The maximum absolute atomic E-state index is 13.0. The Morgan fingerprint density at radius 2 is 1.77 bits per heavy atom. The Morgan fingerprint density at radius 1 is 1.03 bits per heavy atom. The predicted octanol–water partition coefficient (Wildman–Crippen LogP) is 4.56. The zero-order valence-corrected chi connectivity index (χ0v) is 16.5. The fourth-order valence-corrected chi connectivity index (χ4v) is 2.82. The highest BCUT2D eigenvalue weighted by Gasteiger charge is 2.10. The van der Waals surface area contributed by atoms with E-state index in [0.717, 1.165) is 16.9 Å². The minimum absolute atomic E-state index is 0.251. The fourth-order valence-electron chi connectivity index (χ4n) is 2.82. The van der Waals surface area contributed by atoms with Gasteiger partial charge in [0.25, 0.3) is 5.91 Å². The monoisotopic (exact) mass is 414 g/mol. The number of hydrogen-bond donors (Lipinski definition) is 2. The summed E-state index contributed by atoms with van der Waals surface area (Å²) < 4.78 is 18.8. The van der Waals surface area contributed by atoms with Crippen LogP contribution in [0.1, 0.15) is 21.6 Å². The molecule has 4 aromatic rings. The Labute approximate surface area is 178 Å². The van der Waals surface area contributed by atoms with Crippen molar-refractivity contribution in [2.75, 3.05) is 0 Å². The van der Waals surface area contributed by atoms with E-state index >= 15 is 0 Å². The maximum Gasteiger partial charge on any atom is 0.289 e.